The zero-order valence-electron chi connectivity index (χ0n) is 8.31. The Labute approximate surface area is 98.8 Å². The van der Waals surface area contributed by atoms with Gasteiger partial charge in [0.2, 0.25) is 0 Å². The Morgan fingerprint density at radius 1 is 1.29 bits per heavy atom. The average molecular weight is 275 g/mol. The smallest absolute Gasteiger partial charge is 0.310 e. The molecule has 0 aliphatic heterocycles. The fourth-order valence-corrected chi connectivity index (χ4v) is 1.47. The molecule has 1 rings (SSSR count). The summed E-state index contributed by atoms with van der Waals surface area (Å²) in [6, 6.07) is 2.74. The van der Waals surface area contributed by atoms with Crippen molar-refractivity contribution in [2.75, 3.05) is 0 Å². The Bertz CT molecular complexity index is 396. The number of aliphatic hydroxyl groups excluding tert-OH is 1. The van der Waals surface area contributed by atoms with Crippen LogP contribution in [0.5, 0.6) is 0 Å². The summed E-state index contributed by atoms with van der Waals surface area (Å²) in [5.74, 6) is -5.15. The predicted molar refractivity (Wildman–Crippen MR) is 51.9 cm³/mol. The van der Waals surface area contributed by atoms with Crippen molar-refractivity contribution in [2.45, 2.75) is 24.9 Å². The Morgan fingerprint density at radius 2 is 1.88 bits per heavy atom. The second-order valence-corrected chi connectivity index (χ2v) is 3.85. The molecule has 7 heteroatoms. The minimum Gasteiger partial charge on any atom is -0.388 e. The number of rotatable bonds is 4. The van der Waals surface area contributed by atoms with Crippen molar-refractivity contribution in [3.05, 3.63) is 34.6 Å². The Balaban J connectivity index is 2.90. The third-order valence-corrected chi connectivity index (χ3v) is 2.45. The summed E-state index contributed by atoms with van der Waals surface area (Å²) >= 11 is 5.54. The molecule has 0 amide bonds. The van der Waals surface area contributed by atoms with Gasteiger partial charge in [-0.15, -0.1) is 0 Å². The molecule has 1 atom stereocenters. The van der Waals surface area contributed by atoms with Gasteiger partial charge in [-0.3, -0.25) is 0 Å². The molecule has 1 nitrogen and oxygen atoms in total. The van der Waals surface area contributed by atoms with E-state index in [1.165, 1.54) is 0 Å². The monoisotopic (exact) mass is 274 g/mol. The highest BCUT2D eigenvalue weighted by molar-refractivity contribution is 6.31. The summed E-state index contributed by atoms with van der Waals surface area (Å²) in [4.78, 5) is 0. The van der Waals surface area contributed by atoms with Gasteiger partial charge in [-0.2, -0.15) is 0 Å². The molecule has 0 aliphatic carbocycles. The lowest BCUT2D eigenvalue weighted by Gasteiger charge is -2.20. The molecule has 1 N–H and O–H groups in total. The molecular weight excluding hydrogens is 267 g/mol. The van der Waals surface area contributed by atoms with Gasteiger partial charge in [0.15, 0.2) is 0 Å². The number of alkyl halides is 4. The van der Waals surface area contributed by atoms with Crippen molar-refractivity contribution >= 4 is 11.6 Å². The van der Waals surface area contributed by atoms with Gasteiger partial charge in [-0.25, -0.2) is 22.0 Å². The first-order valence-electron chi connectivity index (χ1n) is 4.53. The molecule has 0 aliphatic rings. The molecule has 0 fully saturated rings. The van der Waals surface area contributed by atoms with Gasteiger partial charge in [0, 0.05) is 17.0 Å². The van der Waals surface area contributed by atoms with Crippen molar-refractivity contribution in [1.82, 2.24) is 0 Å². The topological polar surface area (TPSA) is 20.2 Å². The highest BCUT2D eigenvalue weighted by Gasteiger charge is 2.43. The van der Waals surface area contributed by atoms with Crippen molar-refractivity contribution in [1.29, 1.82) is 0 Å². The molecule has 1 aromatic carbocycles. The van der Waals surface area contributed by atoms with E-state index in [4.69, 9.17) is 11.6 Å². The SMILES string of the molecule is OC(CC(F)(F)C(F)F)c1cc(F)ccc1Cl. The lowest BCUT2D eigenvalue weighted by molar-refractivity contribution is -0.149. The zero-order chi connectivity index (χ0) is 13.2. The fourth-order valence-electron chi connectivity index (χ4n) is 1.23. The van der Waals surface area contributed by atoms with Crippen LogP contribution >= 0.6 is 11.6 Å². The lowest BCUT2D eigenvalue weighted by Crippen LogP contribution is -2.28. The van der Waals surface area contributed by atoms with Crippen LogP contribution in [0, 0.1) is 5.82 Å². The minimum atomic E-state index is -4.35. The predicted octanol–water partition coefficient (Wildman–Crippen LogP) is 3.80. The van der Waals surface area contributed by atoms with Crippen LogP contribution in [-0.4, -0.2) is 17.5 Å². The van der Waals surface area contributed by atoms with Crippen LogP contribution < -0.4 is 0 Å². The molecule has 0 saturated carbocycles. The molecule has 17 heavy (non-hydrogen) atoms. The normalized spacial score (nSPS) is 14.1. The van der Waals surface area contributed by atoms with Gasteiger partial charge in [-0.1, -0.05) is 11.6 Å². The molecule has 1 unspecified atom stereocenters. The second-order valence-electron chi connectivity index (χ2n) is 3.45. The van der Waals surface area contributed by atoms with Gasteiger partial charge in [0.1, 0.15) is 5.82 Å². The number of hydrogen-bond donors (Lipinski definition) is 1. The number of aliphatic hydroxyl groups is 1. The summed E-state index contributed by atoms with van der Waals surface area (Å²) in [7, 11) is 0. The summed E-state index contributed by atoms with van der Waals surface area (Å²) in [6.07, 6.45) is -7.37. The molecule has 0 aromatic heterocycles. The standard InChI is InChI=1S/C10H8ClF5O/c11-7-2-1-5(12)3-6(7)8(17)4-10(15,16)9(13)14/h1-3,8-9,17H,4H2. The second kappa shape index (κ2) is 5.18. The molecule has 0 radical (unpaired) electrons. The maximum absolute atomic E-state index is 12.8. The summed E-state index contributed by atoms with van der Waals surface area (Å²) in [5, 5.41) is 9.18. The van der Waals surface area contributed by atoms with Gasteiger partial charge in [0.25, 0.3) is 0 Å². The fraction of sp³-hybridized carbons (Fsp3) is 0.400. The van der Waals surface area contributed by atoms with Crippen LogP contribution in [0.3, 0.4) is 0 Å². The maximum Gasteiger partial charge on any atom is 0.310 e. The Morgan fingerprint density at radius 3 is 2.41 bits per heavy atom. The molecule has 1 aromatic rings. The quantitative estimate of drug-likeness (QED) is 0.828. The maximum atomic E-state index is 12.8. The van der Waals surface area contributed by atoms with E-state index in [2.05, 4.69) is 0 Å². The number of benzene rings is 1. The van der Waals surface area contributed by atoms with E-state index in [1.807, 2.05) is 0 Å². The van der Waals surface area contributed by atoms with E-state index in [0.29, 0.717) is 0 Å². The molecule has 0 bridgehead atoms. The van der Waals surface area contributed by atoms with Crippen molar-refractivity contribution in [3.8, 4) is 0 Å². The van der Waals surface area contributed by atoms with Gasteiger partial charge < -0.3 is 5.11 Å². The average Bonchev–Trinajstić information content (AvgIpc) is 2.20. The summed E-state index contributed by atoms with van der Waals surface area (Å²) in [5.41, 5.74) is -0.341. The molecule has 0 heterocycles. The van der Waals surface area contributed by atoms with Gasteiger partial charge >= 0.3 is 12.3 Å². The molecule has 0 spiro atoms. The number of halogens is 6. The van der Waals surface area contributed by atoms with E-state index in [9.17, 15) is 27.1 Å². The molecule has 0 saturated heterocycles. The largest absolute Gasteiger partial charge is 0.388 e. The van der Waals surface area contributed by atoms with Crippen LogP contribution in [0.2, 0.25) is 5.02 Å². The first kappa shape index (κ1) is 14.2. The van der Waals surface area contributed by atoms with E-state index in [1.54, 1.807) is 0 Å². The first-order chi connectivity index (χ1) is 7.74. The third kappa shape index (κ3) is 3.54. The van der Waals surface area contributed by atoms with E-state index >= 15 is 0 Å². The van der Waals surface area contributed by atoms with E-state index in [0.717, 1.165) is 18.2 Å². The molecule has 96 valence electrons. The van der Waals surface area contributed by atoms with Crippen LogP contribution in [-0.2, 0) is 0 Å². The summed E-state index contributed by atoms with van der Waals surface area (Å²) < 4.78 is 61.9. The summed E-state index contributed by atoms with van der Waals surface area (Å²) in [6.45, 7) is 0. The van der Waals surface area contributed by atoms with Crippen molar-refractivity contribution in [3.63, 3.8) is 0 Å². The van der Waals surface area contributed by atoms with E-state index < -0.39 is 30.7 Å². The number of hydrogen-bond acceptors (Lipinski definition) is 1. The highest BCUT2D eigenvalue weighted by Crippen LogP contribution is 2.35. The minimum absolute atomic E-state index is 0.163. The highest BCUT2D eigenvalue weighted by atomic mass is 35.5. The van der Waals surface area contributed by atoms with Gasteiger partial charge in [-0.05, 0) is 18.2 Å². The van der Waals surface area contributed by atoms with Gasteiger partial charge in [0.05, 0.1) is 6.10 Å². The lowest BCUT2D eigenvalue weighted by atomic mass is 10.0. The Kier molecular flexibility index (Phi) is 4.32. The van der Waals surface area contributed by atoms with Crippen molar-refractivity contribution < 1.29 is 27.1 Å². The Hall–Kier alpha value is -0.880. The van der Waals surface area contributed by atoms with E-state index in [-0.39, 0.29) is 10.6 Å². The molecular formula is C10H8ClF5O. The van der Waals surface area contributed by atoms with Crippen LogP contribution in [0.1, 0.15) is 18.1 Å². The zero-order valence-corrected chi connectivity index (χ0v) is 9.06. The van der Waals surface area contributed by atoms with Crippen LogP contribution in [0.25, 0.3) is 0 Å². The first-order valence-corrected chi connectivity index (χ1v) is 4.91. The third-order valence-electron chi connectivity index (χ3n) is 2.10. The van der Waals surface area contributed by atoms with Crippen molar-refractivity contribution in [2.24, 2.45) is 0 Å². The van der Waals surface area contributed by atoms with Crippen LogP contribution in [0.4, 0.5) is 22.0 Å². The van der Waals surface area contributed by atoms with Crippen LogP contribution in [0.15, 0.2) is 18.2 Å².